The summed E-state index contributed by atoms with van der Waals surface area (Å²) in [5, 5.41) is 11.2. The fraction of sp³-hybridized carbons (Fsp3) is 0.214. The maximum Gasteiger partial charge on any atom is 0.287 e. The second-order valence-electron chi connectivity index (χ2n) is 4.68. The first-order valence-corrected chi connectivity index (χ1v) is 6.64. The molecule has 0 aliphatic heterocycles. The lowest BCUT2D eigenvalue weighted by Crippen LogP contribution is -2.24. The van der Waals surface area contributed by atoms with Crippen molar-refractivity contribution in [2.24, 2.45) is 0 Å². The number of aromatic nitrogens is 3. The van der Waals surface area contributed by atoms with Crippen molar-refractivity contribution in [2.45, 2.75) is 13.0 Å². The van der Waals surface area contributed by atoms with Crippen LogP contribution in [0.5, 0.6) is 0 Å². The molecule has 3 N–H and O–H groups in total. The van der Waals surface area contributed by atoms with Crippen LogP contribution in [0.3, 0.4) is 0 Å². The van der Waals surface area contributed by atoms with Gasteiger partial charge in [0.2, 0.25) is 0 Å². The van der Waals surface area contributed by atoms with E-state index in [4.69, 9.17) is 10.2 Å². The monoisotopic (exact) mass is 285 g/mol. The van der Waals surface area contributed by atoms with Gasteiger partial charge in [-0.3, -0.25) is 9.48 Å². The van der Waals surface area contributed by atoms with Crippen LogP contribution in [0.1, 0.15) is 17.0 Å². The zero-order valence-electron chi connectivity index (χ0n) is 11.3. The highest BCUT2D eigenvalue weighted by Crippen LogP contribution is 2.21. The molecule has 0 aliphatic carbocycles. The van der Waals surface area contributed by atoms with Crippen LogP contribution in [0.4, 0.5) is 5.69 Å². The molecule has 2 aromatic heterocycles. The molecule has 0 radical (unpaired) electrons. The number of carbonyl (C=O) groups is 1. The van der Waals surface area contributed by atoms with E-state index in [1.165, 1.54) is 0 Å². The first-order valence-electron chi connectivity index (χ1n) is 6.64. The van der Waals surface area contributed by atoms with Crippen molar-refractivity contribution >= 4 is 22.6 Å². The van der Waals surface area contributed by atoms with Crippen molar-refractivity contribution in [1.29, 1.82) is 0 Å². The molecule has 0 bridgehead atoms. The molecule has 0 atom stereocenters. The molecular formula is C14H15N5O2. The summed E-state index contributed by atoms with van der Waals surface area (Å²) in [5.41, 5.74) is 6.99. The Morgan fingerprint density at radius 2 is 2.29 bits per heavy atom. The largest absolute Gasteiger partial charge is 0.451 e. The summed E-state index contributed by atoms with van der Waals surface area (Å²) in [6.45, 7) is 1.24. The quantitative estimate of drug-likeness (QED) is 0.545. The summed E-state index contributed by atoms with van der Waals surface area (Å²) in [6.07, 6.45) is 4.17. The van der Waals surface area contributed by atoms with Crippen LogP contribution in [0.25, 0.3) is 11.0 Å². The molecule has 7 heteroatoms. The maximum absolute atomic E-state index is 12.0. The van der Waals surface area contributed by atoms with Gasteiger partial charge in [0.1, 0.15) is 5.58 Å². The molecule has 0 spiro atoms. The van der Waals surface area contributed by atoms with E-state index in [1.54, 1.807) is 41.3 Å². The molecule has 0 unspecified atom stereocenters. The minimum Gasteiger partial charge on any atom is -0.451 e. The molecule has 3 rings (SSSR count). The molecule has 0 aliphatic rings. The van der Waals surface area contributed by atoms with E-state index in [0.29, 0.717) is 24.4 Å². The van der Waals surface area contributed by atoms with Crippen LogP contribution in [0, 0.1) is 0 Å². The normalized spacial score (nSPS) is 10.9. The molecule has 1 aromatic carbocycles. The van der Waals surface area contributed by atoms with Gasteiger partial charge in [-0.05, 0) is 30.7 Å². The van der Waals surface area contributed by atoms with Gasteiger partial charge in [-0.1, -0.05) is 5.21 Å². The predicted octanol–water partition coefficient (Wildman–Crippen LogP) is 1.43. The molecule has 0 saturated heterocycles. The number of hydrogen-bond acceptors (Lipinski definition) is 5. The van der Waals surface area contributed by atoms with Gasteiger partial charge in [0.15, 0.2) is 5.76 Å². The smallest absolute Gasteiger partial charge is 0.287 e. The van der Waals surface area contributed by atoms with E-state index >= 15 is 0 Å². The molecule has 0 saturated carbocycles. The number of nitrogens with one attached hydrogen (secondary N) is 1. The Morgan fingerprint density at radius 1 is 1.38 bits per heavy atom. The third-order valence-corrected chi connectivity index (χ3v) is 3.09. The van der Waals surface area contributed by atoms with Crippen molar-refractivity contribution < 1.29 is 9.21 Å². The van der Waals surface area contributed by atoms with E-state index in [0.717, 1.165) is 11.8 Å². The minimum atomic E-state index is -0.233. The van der Waals surface area contributed by atoms with E-state index in [9.17, 15) is 4.79 Å². The van der Waals surface area contributed by atoms with Crippen molar-refractivity contribution in [1.82, 2.24) is 20.3 Å². The Balaban J connectivity index is 1.56. The Bertz CT molecular complexity index is 748. The van der Waals surface area contributed by atoms with Crippen LogP contribution >= 0.6 is 0 Å². The summed E-state index contributed by atoms with van der Waals surface area (Å²) in [6, 6.07) is 6.97. The third-order valence-electron chi connectivity index (χ3n) is 3.09. The Hall–Kier alpha value is -2.83. The lowest BCUT2D eigenvalue weighted by atomic mass is 10.2. The summed E-state index contributed by atoms with van der Waals surface area (Å²) in [7, 11) is 0. The molecule has 1 amide bonds. The number of furan rings is 1. The minimum absolute atomic E-state index is 0.233. The molecule has 2 heterocycles. The fourth-order valence-electron chi connectivity index (χ4n) is 2.06. The molecule has 21 heavy (non-hydrogen) atoms. The van der Waals surface area contributed by atoms with Crippen LogP contribution in [-0.4, -0.2) is 27.4 Å². The number of amides is 1. The number of anilines is 1. The highest BCUT2D eigenvalue weighted by atomic mass is 16.3. The lowest BCUT2D eigenvalue weighted by molar-refractivity contribution is 0.0927. The highest BCUT2D eigenvalue weighted by molar-refractivity contribution is 5.96. The van der Waals surface area contributed by atoms with E-state index in [-0.39, 0.29) is 11.7 Å². The SMILES string of the molecule is Nc1ccc2oc(C(=O)NCCCn3ccnn3)cc2c1. The molecule has 7 nitrogen and oxygen atoms in total. The van der Waals surface area contributed by atoms with Gasteiger partial charge in [-0.25, -0.2) is 0 Å². The molecule has 3 aromatic rings. The predicted molar refractivity (Wildman–Crippen MR) is 77.6 cm³/mol. The Morgan fingerprint density at radius 3 is 3.10 bits per heavy atom. The second-order valence-corrected chi connectivity index (χ2v) is 4.68. The fourth-order valence-corrected chi connectivity index (χ4v) is 2.06. The Labute approximate surface area is 120 Å². The molecular weight excluding hydrogens is 270 g/mol. The van der Waals surface area contributed by atoms with Crippen LogP contribution in [0.2, 0.25) is 0 Å². The van der Waals surface area contributed by atoms with Crippen LogP contribution in [0.15, 0.2) is 41.1 Å². The Kier molecular flexibility index (Phi) is 3.55. The standard InChI is InChI=1S/C14H15N5O2/c15-11-2-3-12-10(8-11)9-13(21-12)14(20)16-4-1-6-19-7-5-17-18-19/h2-3,5,7-9H,1,4,6,15H2,(H,16,20). The van der Waals surface area contributed by atoms with Crippen molar-refractivity contribution in [3.63, 3.8) is 0 Å². The summed E-state index contributed by atoms with van der Waals surface area (Å²) < 4.78 is 7.21. The van der Waals surface area contributed by atoms with Gasteiger partial charge < -0.3 is 15.5 Å². The van der Waals surface area contributed by atoms with Crippen molar-refractivity contribution in [3.8, 4) is 0 Å². The van der Waals surface area contributed by atoms with Crippen LogP contribution < -0.4 is 11.1 Å². The summed E-state index contributed by atoms with van der Waals surface area (Å²) in [5.74, 6) is 0.0553. The highest BCUT2D eigenvalue weighted by Gasteiger charge is 2.11. The van der Waals surface area contributed by atoms with Gasteiger partial charge in [-0.15, -0.1) is 5.10 Å². The van der Waals surface area contributed by atoms with Gasteiger partial charge in [0.05, 0.1) is 6.20 Å². The van der Waals surface area contributed by atoms with Crippen molar-refractivity contribution in [3.05, 3.63) is 42.4 Å². The van der Waals surface area contributed by atoms with Gasteiger partial charge in [0, 0.05) is 30.4 Å². The lowest BCUT2D eigenvalue weighted by Gasteiger charge is -2.02. The van der Waals surface area contributed by atoms with E-state index in [2.05, 4.69) is 15.6 Å². The number of carbonyl (C=O) groups excluding carboxylic acids is 1. The zero-order valence-corrected chi connectivity index (χ0v) is 11.3. The van der Waals surface area contributed by atoms with Gasteiger partial charge in [-0.2, -0.15) is 0 Å². The number of rotatable bonds is 5. The summed E-state index contributed by atoms with van der Waals surface area (Å²) >= 11 is 0. The van der Waals surface area contributed by atoms with Gasteiger partial charge in [0.25, 0.3) is 5.91 Å². The maximum atomic E-state index is 12.0. The number of nitrogens with two attached hydrogens (primary N) is 1. The van der Waals surface area contributed by atoms with Crippen LogP contribution in [-0.2, 0) is 6.54 Å². The molecule has 0 fully saturated rings. The number of aryl methyl sites for hydroxylation is 1. The van der Waals surface area contributed by atoms with E-state index in [1.807, 2.05) is 0 Å². The number of nitrogen functional groups attached to an aromatic ring is 1. The average molecular weight is 285 g/mol. The zero-order chi connectivity index (χ0) is 14.7. The molecule has 108 valence electrons. The first-order chi connectivity index (χ1) is 10.2. The third kappa shape index (κ3) is 3.02. The number of hydrogen-bond donors (Lipinski definition) is 2. The van der Waals surface area contributed by atoms with Gasteiger partial charge >= 0.3 is 0 Å². The average Bonchev–Trinajstić information content (AvgIpc) is 3.11. The number of fused-ring (bicyclic) bond motifs is 1. The number of nitrogens with zero attached hydrogens (tertiary/aromatic N) is 3. The summed E-state index contributed by atoms with van der Waals surface area (Å²) in [4.78, 5) is 12.0. The topological polar surface area (TPSA) is 99.0 Å². The van der Waals surface area contributed by atoms with Crippen molar-refractivity contribution in [2.75, 3.05) is 12.3 Å². The van der Waals surface area contributed by atoms with E-state index < -0.39 is 0 Å². The number of benzene rings is 1. The first kappa shape index (κ1) is 13.2. The second kappa shape index (κ2) is 5.66.